The second-order valence-electron chi connectivity index (χ2n) is 8.12. The van der Waals surface area contributed by atoms with E-state index in [9.17, 15) is 19.8 Å². The number of hydrogen-bond donors (Lipinski definition) is 2. The van der Waals surface area contributed by atoms with Crippen molar-refractivity contribution in [2.45, 2.75) is 32.6 Å². The summed E-state index contributed by atoms with van der Waals surface area (Å²) in [5.74, 6) is -2.04. The fourth-order valence-electron chi connectivity index (χ4n) is 4.05. The van der Waals surface area contributed by atoms with E-state index in [0.717, 1.165) is 11.1 Å². The van der Waals surface area contributed by atoms with Gasteiger partial charge in [0, 0.05) is 22.6 Å². The zero-order valence-corrected chi connectivity index (χ0v) is 18.0. The summed E-state index contributed by atoms with van der Waals surface area (Å²) in [6.07, 6.45) is 2.15. The first kappa shape index (κ1) is 21.4. The van der Waals surface area contributed by atoms with Crippen molar-refractivity contribution in [3.8, 4) is 17.2 Å². The summed E-state index contributed by atoms with van der Waals surface area (Å²) < 4.78 is 5.55. The van der Waals surface area contributed by atoms with Crippen LogP contribution in [0.25, 0.3) is 0 Å². The lowest BCUT2D eigenvalue weighted by molar-refractivity contribution is -0.135. The third kappa shape index (κ3) is 3.89. The molecule has 162 valence electrons. The van der Waals surface area contributed by atoms with Crippen LogP contribution in [0.1, 0.15) is 58.8 Å². The molecule has 0 bridgehead atoms. The van der Waals surface area contributed by atoms with Gasteiger partial charge in [-0.15, -0.1) is 0 Å². The maximum Gasteiger partial charge on any atom is 0.312 e. The summed E-state index contributed by atoms with van der Waals surface area (Å²) in [5.41, 5.74) is 2.65. The van der Waals surface area contributed by atoms with Crippen LogP contribution in [0.15, 0.2) is 72.3 Å². The van der Waals surface area contributed by atoms with E-state index >= 15 is 0 Å². The lowest BCUT2D eigenvalue weighted by atomic mass is 9.81. The normalized spacial score (nSPS) is 14.9. The maximum atomic E-state index is 13.3. The van der Waals surface area contributed by atoms with Gasteiger partial charge in [0.15, 0.2) is 0 Å². The van der Waals surface area contributed by atoms with Crippen molar-refractivity contribution in [3.63, 3.8) is 0 Å². The fraction of sp³-hybridized carbons (Fsp3) is 0.185. The number of esters is 1. The molecule has 0 saturated heterocycles. The Bertz CT molecular complexity index is 1210. The van der Waals surface area contributed by atoms with Crippen LogP contribution in [0.3, 0.4) is 0 Å². The molecular formula is C27H24O5. The van der Waals surface area contributed by atoms with Gasteiger partial charge < -0.3 is 14.9 Å². The average molecular weight is 428 g/mol. The molecule has 0 fully saturated rings. The smallest absolute Gasteiger partial charge is 0.312 e. The van der Waals surface area contributed by atoms with Crippen LogP contribution in [0.2, 0.25) is 0 Å². The van der Waals surface area contributed by atoms with Crippen molar-refractivity contribution < 1.29 is 24.5 Å². The van der Waals surface area contributed by atoms with Gasteiger partial charge in [-0.25, -0.2) is 0 Å². The van der Waals surface area contributed by atoms with Crippen molar-refractivity contribution in [1.82, 2.24) is 0 Å². The lowest BCUT2D eigenvalue weighted by Gasteiger charge is -2.29. The lowest BCUT2D eigenvalue weighted by Crippen LogP contribution is -2.23. The van der Waals surface area contributed by atoms with Crippen molar-refractivity contribution >= 4 is 11.8 Å². The Morgan fingerprint density at radius 3 is 2.25 bits per heavy atom. The Kier molecular flexibility index (Phi) is 5.82. The fourth-order valence-corrected chi connectivity index (χ4v) is 4.05. The van der Waals surface area contributed by atoms with Gasteiger partial charge in [-0.2, -0.15) is 0 Å². The first-order valence-electron chi connectivity index (χ1n) is 10.5. The van der Waals surface area contributed by atoms with Crippen molar-refractivity contribution in [1.29, 1.82) is 0 Å². The molecule has 5 heteroatoms. The molecule has 3 aromatic rings. The van der Waals surface area contributed by atoms with Crippen LogP contribution >= 0.6 is 0 Å². The topological polar surface area (TPSA) is 83.8 Å². The molecule has 5 nitrogen and oxygen atoms in total. The van der Waals surface area contributed by atoms with E-state index in [-0.39, 0.29) is 35.7 Å². The highest BCUT2D eigenvalue weighted by atomic mass is 16.5. The minimum Gasteiger partial charge on any atom is -0.507 e. The molecule has 1 aliphatic rings. The summed E-state index contributed by atoms with van der Waals surface area (Å²) in [6, 6.07) is 17.8. The van der Waals surface area contributed by atoms with Gasteiger partial charge in [-0.3, -0.25) is 9.59 Å². The molecule has 2 N–H and O–H groups in total. The van der Waals surface area contributed by atoms with Crippen LogP contribution < -0.4 is 4.74 Å². The first-order valence-corrected chi connectivity index (χ1v) is 10.5. The first-order chi connectivity index (χ1) is 15.4. The second kappa shape index (κ2) is 8.71. The SMILES string of the molecule is CC(C)=CCc1c(O)c(C(=O)c2ccccc2)c(O)c2c1OC(=O)CC2c1ccccc1. The number of hydrogen-bond acceptors (Lipinski definition) is 5. The van der Waals surface area contributed by atoms with E-state index in [1.54, 1.807) is 30.3 Å². The van der Waals surface area contributed by atoms with Gasteiger partial charge in [-0.05, 0) is 25.8 Å². The van der Waals surface area contributed by atoms with E-state index in [0.29, 0.717) is 16.7 Å². The minimum atomic E-state index is -0.499. The molecule has 0 aromatic heterocycles. The standard InChI is InChI=1S/C27H24O5/c1-16(2)13-14-19-25(30)23(24(29)18-11-7-4-8-12-18)26(31)22-20(15-21(28)32-27(19)22)17-9-5-3-6-10-17/h3-13,20,30-31H,14-15H2,1-2H3. The number of phenols is 2. The Morgan fingerprint density at radius 1 is 1.00 bits per heavy atom. The third-order valence-electron chi connectivity index (χ3n) is 5.65. The number of benzene rings is 3. The summed E-state index contributed by atoms with van der Waals surface area (Å²) in [7, 11) is 0. The monoisotopic (exact) mass is 428 g/mol. The summed E-state index contributed by atoms with van der Waals surface area (Å²) >= 11 is 0. The van der Waals surface area contributed by atoms with Gasteiger partial charge >= 0.3 is 5.97 Å². The number of ketones is 1. The van der Waals surface area contributed by atoms with Crippen molar-refractivity contribution in [2.24, 2.45) is 0 Å². The van der Waals surface area contributed by atoms with E-state index < -0.39 is 17.7 Å². The number of aromatic hydroxyl groups is 2. The summed E-state index contributed by atoms with van der Waals surface area (Å²) in [5, 5.41) is 22.4. The number of fused-ring (bicyclic) bond motifs is 1. The highest BCUT2D eigenvalue weighted by molar-refractivity contribution is 6.13. The predicted octanol–water partition coefficient (Wildman–Crippen LogP) is 5.28. The number of allylic oxidation sites excluding steroid dienone is 2. The van der Waals surface area contributed by atoms with Gasteiger partial charge in [0.25, 0.3) is 0 Å². The molecule has 3 aromatic carbocycles. The zero-order valence-electron chi connectivity index (χ0n) is 18.0. The van der Waals surface area contributed by atoms with Gasteiger partial charge in [0.05, 0.1) is 6.42 Å². The maximum absolute atomic E-state index is 13.3. The predicted molar refractivity (Wildman–Crippen MR) is 121 cm³/mol. The molecule has 1 atom stereocenters. The molecule has 0 aliphatic carbocycles. The summed E-state index contributed by atoms with van der Waals surface area (Å²) in [6.45, 7) is 3.83. The second-order valence-corrected chi connectivity index (χ2v) is 8.12. The van der Waals surface area contributed by atoms with Crippen LogP contribution in [-0.2, 0) is 11.2 Å². The van der Waals surface area contributed by atoms with E-state index in [1.165, 1.54) is 0 Å². The van der Waals surface area contributed by atoms with E-state index in [2.05, 4.69) is 0 Å². The van der Waals surface area contributed by atoms with E-state index in [1.807, 2.05) is 50.3 Å². The van der Waals surface area contributed by atoms with Crippen molar-refractivity contribution in [3.05, 3.63) is 100 Å². The number of rotatable bonds is 5. The molecule has 1 unspecified atom stereocenters. The number of carbonyl (C=O) groups excluding carboxylic acids is 2. The van der Waals surface area contributed by atoms with Crippen LogP contribution in [0.4, 0.5) is 0 Å². The Morgan fingerprint density at radius 2 is 1.62 bits per heavy atom. The van der Waals surface area contributed by atoms with Crippen LogP contribution in [-0.4, -0.2) is 22.0 Å². The number of phenolic OH excluding ortho intramolecular Hbond substituents is 2. The zero-order chi connectivity index (χ0) is 22.8. The number of carbonyl (C=O) groups is 2. The largest absolute Gasteiger partial charge is 0.507 e. The molecule has 0 radical (unpaired) electrons. The third-order valence-corrected chi connectivity index (χ3v) is 5.65. The molecule has 0 saturated carbocycles. The number of ether oxygens (including phenoxy) is 1. The molecule has 32 heavy (non-hydrogen) atoms. The molecule has 0 amide bonds. The van der Waals surface area contributed by atoms with Gasteiger partial charge in [0.2, 0.25) is 5.78 Å². The highest BCUT2D eigenvalue weighted by Crippen LogP contribution is 2.51. The van der Waals surface area contributed by atoms with Crippen LogP contribution in [0.5, 0.6) is 17.2 Å². The Labute approximate surface area is 186 Å². The van der Waals surface area contributed by atoms with Crippen molar-refractivity contribution in [2.75, 3.05) is 0 Å². The minimum absolute atomic E-state index is 0.0242. The average Bonchev–Trinajstić information content (AvgIpc) is 2.79. The Balaban J connectivity index is 2.01. The van der Waals surface area contributed by atoms with Gasteiger partial charge in [0.1, 0.15) is 22.8 Å². The molecule has 1 heterocycles. The summed E-state index contributed by atoms with van der Waals surface area (Å²) in [4.78, 5) is 25.8. The Hall–Kier alpha value is -3.86. The highest BCUT2D eigenvalue weighted by Gasteiger charge is 2.37. The van der Waals surface area contributed by atoms with E-state index in [4.69, 9.17) is 4.74 Å². The molecule has 4 rings (SSSR count). The molecular weight excluding hydrogens is 404 g/mol. The quantitative estimate of drug-likeness (QED) is 0.250. The van der Waals surface area contributed by atoms with Crippen LogP contribution in [0, 0.1) is 0 Å². The molecule has 0 spiro atoms. The molecule has 1 aliphatic heterocycles. The van der Waals surface area contributed by atoms with Gasteiger partial charge in [-0.1, -0.05) is 72.3 Å².